The van der Waals surface area contributed by atoms with Gasteiger partial charge in [-0.05, 0) is 116 Å². The summed E-state index contributed by atoms with van der Waals surface area (Å²) in [5.41, 5.74) is 1.60. The van der Waals surface area contributed by atoms with Gasteiger partial charge in [-0.1, -0.05) is 158 Å². The fraction of sp³-hybridized carbons (Fsp3) is 0.610. The van der Waals surface area contributed by atoms with Gasteiger partial charge in [-0.25, -0.2) is 40.8 Å². The van der Waals surface area contributed by atoms with E-state index in [1.807, 2.05) is 69.2 Å². The third-order valence-corrected chi connectivity index (χ3v) is 20.0. The predicted molar refractivity (Wildman–Crippen MR) is 508 cm³/mol. The number of esters is 1. The number of hydrogen-bond donors (Lipinski definition) is 1. The maximum absolute atomic E-state index is 13.4. The number of nitrogens with one attached hydrogen (secondary N) is 1. The van der Waals surface area contributed by atoms with E-state index in [0.717, 1.165) is 53.1 Å². The number of nitrogens with zero attached hydrogens (tertiary/aromatic N) is 8. The largest absolute Gasteiger partial charge is 0.485 e. The van der Waals surface area contributed by atoms with Crippen molar-refractivity contribution in [1.82, 2.24) is 39.9 Å². The van der Waals surface area contributed by atoms with E-state index in [0.29, 0.717) is 67.3 Å². The van der Waals surface area contributed by atoms with Gasteiger partial charge >= 0.3 is 17.9 Å². The van der Waals surface area contributed by atoms with Crippen molar-refractivity contribution in [3.05, 3.63) is 107 Å². The highest BCUT2D eigenvalue weighted by molar-refractivity contribution is 6.16. The van der Waals surface area contributed by atoms with Gasteiger partial charge in [0.2, 0.25) is 64.6 Å². The lowest BCUT2D eigenvalue weighted by Gasteiger charge is -2.21. The highest BCUT2D eigenvalue weighted by Gasteiger charge is 2.43. The van der Waals surface area contributed by atoms with Crippen LogP contribution in [0.1, 0.15) is 296 Å². The van der Waals surface area contributed by atoms with Crippen LogP contribution >= 0.6 is 0 Å². The van der Waals surface area contributed by atoms with E-state index >= 15 is 0 Å². The molecular formula is C100H149F8N9O25. The molecule has 0 spiro atoms. The van der Waals surface area contributed by atoms with Crippen molar-refractivity contribution in [2.45, 2.75) is 330 Å². The van der Waals surface area contributed by atoms with E-state index < -0.39 is 111 Å². The molecule has 2 aromatic carbocycles. The average Bonchev–Trinajstić information content (AvgIpc) is 1.39. The molecule has 800 valence electrons. The number of allylic oxidation sites excluding steroid dienone is 4. The highest BCUT2D eigenvalue weighted by Crippen LogP contribution is 2.34. The van der Waals surface area contributed by atoms with Crippen LogP contribution < -0.4 is 9.47 Å². The normalized spacial score (nSPS) is 17.5. The molecule has 1 N–H and O–H groups in total. The lowest BCUT2D eigenvalue weighted by molar-refractivity contribution is -0.200. The number of rotatable bonds is 18. The molecule has 0 aromatic heterocycles. The van der Waals surface area contributed by atoms with Gasteiger partial charge in [0.25, 0.3) is 35.4 Å². The first-order valence-electron chi connectivity index (χ1n) is 46.2. The molecule has 0 bridgehead atoms. The van der Waals surface area contributed by atoms with E-state index in [-0.39, 0.29) is 187 Å². The lowest BCUT2D eigenvalue weighted by atomic mass is 10.1. The molecule has 0 aliphatic carbocycles. The van der Waals surface area contributed by atoms with Crippen LogP contribution in [0.4, 0.5) is 35.1 Å². The Labute approximate surface area is 828 Å². The van der Waals surface area contributed by atoms with Gasteiger partial charge in [-0.3, -0.25) is 102 Å². The Hall–Kier alpha value is -12.1. The van der Waals surface area contributed by atoms with Gasteiger partial charge in [-0.2, -0.15) is 18.9 Å². The van der Waals surface area contributed by atoms with Crippen LogP contribution in [0.5, 0.6) is 11.5 Å². The number of methoxy groups -OCH3 is 1. The quantitative estimate of drug-likeness (QED) is 0.0212. The monoisotopic (exact) mass is 2030 g/mol. The summed E-state index contributed by atoms with van der Waals surface area (Å²) < 4.78 is 118. The topological polar surface area (TPSA) is 422 Å². The summed E-state index contributed by atoms with van der Waals surface area (Å²) in [7, 11) is 1.52. The zero-order chi connectivity index (χ0) is 110. The lowest BCUT2D eigenvalue weighted by Crippen LogP contribution is -2.39. The molecular weight excluding hydrogens is 1880 g/mol. The number of ether oxygens (including phenoxy) is 3. The molecule has 8 heterocycles. The standard InChI is InChI=1S/C11H10F4O2.C10H10F4O.C9H13NO4.2C9H13NO3.C9H13NO2.C8H13NO3.2C8H13NO2.C8H13NO.C5H11NO.C5H10O.CH4/c1-4(2)11(16)17-10-7(13)5(3)6(12)8(14)9(10)15;1-4(2)15-10-7(12)5(3)6(11)8(13)9(10)14;1-5(2)9(13)14-10-7(11)4-6(3)8(10)12;1-6(2)9(12)13-10-7(3)4-5-8(10)11;1-5(2)8(12)10-7(11)4-6(3)9(10)13;1-6(2)9(12)10-7(3)4-5-8(10)11;1-5(2)12-9-7(10)4-6(3)8(9)11;1-6(2)11-9-7(3)4-5-8(9)10;1-5(2)9-7(10)4-6(3)8(9)11;1-6(2)9-7(3)4-5-8(9)10;1-4(2)5(6)7-3;1-4(2)5(3)6;/h4H,1-3H3;4H,1-3H3;5-6H,4H2,1-3H3;6H,3-5H2,1-2H3;5-6H,4H2,1-3H3;6H,3-5H2,1-2H3;5-6H,4H2,1-3H3;6H,3-5H2,1-2H3;5-6H,4H2,1-3H3;6H,3-5H2,1-2H3;4,6H,1-3H3;4H,1-3H3;1H4. The summed E-state index contributed by atoms with van der Waals surface area (Å²) in [6.07, 6.45) is 5.06. The van der Waals surface area contributed by atoms with Crippen molar-refractivity contribution in [2.24, 2.45) is 65.1 Å². The van der Waals surface area contributed by atoms with Crippen LogP contribution in [0.15, 0.2) is 49.1 Å². The van der Waals surface area contributed by atoms with E-state index in [4.69, 9.17) is 24.7 Å². The molecule has 4 atom stereocenters. The first-order chi connectivity index (χ1) is 64.7. The Morgan fingerprint density at radius 1 is 0.331 bits per heavy atom. The second-order valence-electron chi connectivity index (χ2n) is 37.0. The molecule has 8 saturated heterocycles. The number of imide groups is 7. The Bertz CT molecular complexity index is 4770. The fourth-order valence-electron chi connectivity index (χ4n) is 11.5. The van der Waals surface area contributed by atoms with Crippen molar-refractivity contribution < 1.29 is 155 Å². The Kier molecular flexibility index (Phi) is 58.8. The molecule has 10 rings (SSSR count). The molecule has 0 saturated carbocycles. The minimum Gasteiger partial charge on any atom is -0.485 e. The minimum absolute atomic E-state index is 0. The fourth-order valence-corrected chi connectivity index (χ4v) is 11.5. The molecule has 8 fully saturated rings. The molecule has 142 heavy (non-hydrogen) atoms. The molecule has 14 amide bonds. The number of hydrogen-bond acceptors (Lipinski definition) is 26. The van der Waals surface area contributed by atoms with E-state index in [1.165, 1.54) is 49.7 Å². The predicted octanol–water partition coefficient (Wildman–Crippen LogP) is 17.7. The summed E-state index contributed by atoms with van der Waals surface area (Å²) in [5, 5.41) is 10.7. The molecule has 2 aromatic rings. The van der Waals surface area contributed by atoms with Gasteiger partial charge in [0.15, 0.2) is 46.6 Å². The van der Waals surface area contributed by atoms with Gasteiger partial charge in [0, 0.05) is 139 Å². The van der Waals surface area contributed by atoms with E-state index in [1.54, 1.807) is 109 Å². The van der Waals surface area contributed by atoms with Crippen LogP contribution in [0.25, 0.3) is 0 Å². The second kappa shape index (κ2) is 62.3. The van der Waals surface area contributed by atoms with Crippen LogP contribution in [0, 0.1) is 131 Å². The summed E-state index contributed by atoms with van der Waals surface area (Å²) in [4.78, 5) is 226. The first-order valence-corrected chi connectivity index (χ1v) is 46.2. The zero-order valence-electron chi connectivity index (χ0n) is 87.4. The van der Waals surface area contributed by atoms with Crippen LogP contribution in [0.2, 0.25) is 0 Å². The number of benzene rings is 2. The molecule has 0 radical (unpaired) electrons. The summed E-state index contributed by atoms with van der Waals surface area (Å²) in [5.74, 6) is -21.3. The van der Waals surface area contributed by atoms with Crippen molar-refractivity contribution in [2.75, 3.05) is 7.11 Å². The smallest absolute Gasteiger partial charge is 0.335 e. The van der Waals surface area contributed by atoms with Crippen LogP contribution in [-0.2, 0) is 110 Å². The second-order valence-corrected chi connectivity index (χ2v) is 37.0. The summed E-state index contributed by atoms with van der Waals surface area (Å²) in [6.45, 7) is 67.4. The maximum Gasteiger partial charge on any atom is 0.335 e. The molecule has 34 nitrogen and oxygen atoms in total. The number of hydroxylamine groups is 8. The minimum atomic E-state index is -1.87. The number of ketones is 1. The Morgan fingerprint density at radius 2 is 0.662 bits per heavy atom. The number of halogens is 8. The summed E-state index contributed by atoms with van der Waals surface area (Å²) >= 11 is 0. The number of amides is 14. The van der Waals surface area contributed by atoms with Gasteiger partial charge in [0.1, 0.15) is 5.78 Å². The van der Waals surface area contributed by atoms with Crippen molar-refractivity contribution in [3.63, 3.8) is 0 Å². The van der Waals surface area contributed by atoms with Gasteiger partial charge in [-0.15, -0.1) is 10.1 Å². The average molecular weight is 2030 g/mol. The zero-order valence-corrected chi connectivity index (χ0v) is 87.4. The Morgan fingerprint density at radius 3 is 0.937 bits per heavy atom. The Balaban J connectivity index is -0.00000149. The third kappa shape index (κ3) is 41.8. The van der Waals surface area contributed by atoms with E-state index in [9.17, 15) is 121 Å². The molecule has 4 unspecified atom stereocenters. The highest BCUT2D eigenvalue weighted by atomic mass is 19.2. The molecule has 42 heteroatoms. The number of carbonyl (C=O) groups excluding carboxylic acids is 18. The number of Topliss-reactive ketones (excluding diaryl/α,β-unsaturated/α-hetero) is 1. The van der Waals surface area contributed by atoms with Crippen LogP contribution in [-0.4, -0.2) is 190 Å². The van der Waals surface area contributed by atoms with E-state index in [2.05, 4.69) is 40.6 Å². The molecule has 8 aliphatic heterocycles. The van der Waals surface area contributed by atoms with Crippen LogP contribution in [0.3, 0.4) is 0 Å². The van der Waals surface area contributed by atoms with Gasteiger partial charge in [0.05, 0.1) is 48.9 Å². The van der Waals surface area contributed by atoms with Crippen molar-refractivity contribution in [1.29, 1.82) is 5.41 Å². The maximum atomic E-state index is 13.4. The third-order valence-electron chi connectivity index (χ3n) is 20.0. The number of likely N-dealkylation sites (tertiary alicyclic amines) is 4. The number of carbonyl (C=O) groups is 18. The SMILES string of the molecule is C.C=C1CCC(=O)N1C(=O)C(C)C.C=C1CCC(=O)N1C(C)C.C=C1CCC(=O)N1OC(=O)C(C)C.C=C1CCC(=O)N1OC(C)C.CC(=O)C(C)C.CC(C)C(=O)N1C(=O)CC(C)C1=O.CC(C)C(=O)ON1C(=O)CC(C)C1=O.CC(C)ON1C(=O)CC(C)C1=O.CC1CC(=O)N(C(C)C)C1=O.COC(=N)C(C)C.Cc1c(F)c(F)c(F)c(OC(=O)C(C)C)c1F.Cc1c(F)c(F)c(F)c(OC(C)C)c1F. The first kappa shape index (κ1) is 134. The van der Waals surface area contributed by atoms with Crippen molar-refractivity contribution >= 4 is 112 Å². The van der Waals surface area contributed by atoms with Gasteiger partial charge < -0.3 is 28.8 Å². The molecule has 8 aliphatic rings. The van der Waals surface area contributed by atoms with Crippen molar-refractivity contribution in [3.8, 4) is 11.5 Å². The summed E-state index contributed by atoms with van der Waals surface area (Å²) in [6, 6.07) is 0.294.